The van der Waals surface area contributed by atoms with E-state index in [0.29, 0.717) is 12.1 Å². The number of benzene rings is 2. The second-order valence-corrected chi connectivity index (χ2v) is 10.3. The number of carbonyl (C=O) groups excluding carboxylic acids is 1. The fraction of sp³-hybridized carbons (Fsp3) is 0.400. The first-order valence-electron chi connectivity index (χ1n) is 13.4. The molecule has 3 aliphatic rings. The molecule has 2 aromatic carbocycles. The summed E-state index contributed by atoms with van der Waals surface area (Å²) in [5.74, 6) is 1.11. The monoisotopic (exact) mass is 481 g/mol. The summed E-state index contributed by atoms with van der Waals surface area (Å²) >= 11 is 0. The smallest absolute Gasteiger partial charge is 0.254 e. The van der Waals surface area contributed by atoms with Crippen molar-refractivity contribution in [3.8, 4) is 11.1 Å². The molecule has 2 atom stereocenters. The number of anilines is 2. The Morgan fingerprint density at radius 3 is 2.61 bits per heavy atom. The van der Waals surface area contributed by atoms with Gasteiger partial charge in [-0.1, -0.05) is 42.5 Å². The van der Waals surface area contributed by atoms with Crippen LogP contribution in [0.3, 0.4) is 0 Å². The lowest BCUT2D eigenvalue weighted by Gasteiger charge is -2.31. The molecule has 3 aromatic rings. The first-order valence-corrected chi connectivity index (χ1v) is 13.4. The van der Waals surface area contributed by atoms with Crippen LogP contribution >= 0.6 is 0 Å². The maximum Gasteiger partial charge on any atom is 0.254 e. The molecule has 0 spiro atoms. The van der Waals surface area contributed by atoms with Crippen LogP contribution in [0.1, 0.15) is 48.0 Å². The van der Waals surface area contributed by atoms with E-state index in [1.54, 1.807) is 0 Å². The van der Waals surface area contributed by atoms with Gasteiger partial charge in [0.05, 0.1) is 5.69 Å². The van der Waals surface area contributed by atoms with E-state index in [9.17, 15) is 4.79 Å². The Morgan fingerprint density at radius 1 is 0.944 bits per heavy atom. The zero-order chi connectivity index (χ0) is 24.3. The number of likely N-dealkylation sites (tertiary alicyclic amines) is 1. The first-order chi connectivity index (χ1) is 17.7. The lowest BCUT2D eigenvalue weighted by Crippen LogP contribution is -2.39. The van der Waals surface area contributed by atoms with E-state index in [2.05, 4.69) is 69.0 Å². The third kappa shape index (κ3) is 4.82. The zero-order valence-corrected chi connectivity index (χ0v) is 20.8. The van der Waals surface area contributed by atoms with E-state index in [4.69, 9.17) is 4.98 Å². The summed E-state index contributed by atoms with van der Waals surface area (Å²) in [5, 5.41) is 7.03. The Kier molecular flexibility index (Phi) is 6.60. The van der Waals surface area contributed by atoms with Gasteiger partial charge in [-0.3, -0.25) is 4.79 Å². The molecular formula is C30H35N5O. The Hall–Kier alpha value is -3.38. The molecule has 6 rings (SSSR count). The normalized spacial score (nSPS) is 21.3. The number of rotatable bonds is 6. The van der Waals surface area contributed by atoms with Crippen LogP contribution in [-0.4, -0.2) is 54.1 Å². The van der Waals surface area contributed by atoms with Crippen LogP contribution in [-0.2, 0) is 6.54 Å². The molecule has 0 saturated carbocycles. The maximum atomic E-state index is 13.4. The van der Waals surface area contributed by atoms with Crippen LogP contribution in [0.5, 0.6) is 0 Å². The molecule has 2 saturated heterocycles. The van der Waals surface area contributed by atoms with E-state index < -0.39 is 0 Å². The third-order valence-electron chi connectivity index (χ3n) is 7.92. The summed E-state index contributed by atoms with van der Waals surface area (Å²) < 4.78 is 0. The molecule has 6 heteroatoms. The molecule has 36 heavy (non-hydrogen) atoms. The van der Waals surface area contributed by atoms with Gasteiger partial charge in [0.1, 0.15) is 5.82 Å². The van der Waals surface area contributed by atoms with Crippen LogP contribution in [0.15, 0.2) is 66.9 Å². The SMILES string of the molecule is O=C(c1ccc(-c2cnc3c(c2)N(Cc2ccccc2)CCN3)cc1)N1CCC[C@H]1CC1CCCN1. The van der Waals surface area contributed by atoms with Crippen molar-refractivity contribution < 1.29 is 4.79 Å². The number of carbonyl (C=O) groups is 1. The summed E-state index contributed by atoms with van der Waals surface area (Å²) in [6, 6.07) is 21.8. The van der Waals surface area contributed by atoms with E-state index in [-0.39, 0.29) is 5.91 Å². The van der Waals surface area contributed by atoms with Crippen molar-refractivity contribution in [2.45, 2.75) is 50.7 Å². The van der Waals surface area contributed by atoms with Gasteiger partial charge in [-0.2, -0.15) is 0 Å². The number of aromatic nitrogens is 1. The Morgan fingerprint density at radius 2 is 1.81 bits per heavy atom. The quantitative estimate of drug-likeness (QED) is 0.523. The van der Waals surface area contributed by atoms with Crippen LogP contribution < -0.4 is 15.5 Å². The molecule has 0 aliphatic carbocycles. The highest BCUT2D eigenvalue weighted by atomic mass is 16.2. The minimum Gasteiger partial charge on any atom is -0.367 e. The van der Waals surface area contributed by atoms with Crippen LogP contribution in [0.2, 0.25) is 0 Å². The lowest BCUT2D eigenvalue weighted by molar-refractivity contribution is 0.0724. The Balaban J connectivity index is 1.18. The molecule has 186 valence electrons. The van der Waals surface area contributed by atoms with Gasteiger partial charge in [-0.05, 0) is 68.0 Å². The van der Waals surface area contributed by atoms with Crippen molar-refractivity contribution in [1.82, 2.24) is 15.2 Å². The fourth-order valence-corrected chi connectivity index (χ4v) is 5.99. The first kappa shape index (κ1) is 23.0. The summed E-state index contributed by atoms with van der Waals surface area (Å²) in [6.07, 6.45) is 7.73. The number of fused-ring (bicyclic) bond motifs is 1. The average Bonchev–Trinajstić information content (AvgIpc) is 3.62. The minimum atomic E-state index is 0.170. The maximum absolute atomic E-state index is 13.4. The van der Waals surface area contributed by atoms with Gasteiger partial charge in [0.25, 0.3) is 5.91 Å². The van der Waals surface area contributed by atoms with E-state index in [0.717, 1.165) is 80.2 Å². The highest BCUT2D eigenvalue weighted by Gasteiger charge is 2.32. The summed E-state index contributed by atoms with van der Waals surface area (Å²) in [4.78, 5) is 22.6. The van der Waals surface area contributed by atoms with Gasteiger partial charge in [0.15, 0.2) is 0 Å². The Labute approximate surface area is 213 Å². The van der Waals surface area contributed by atoms with Crippen molar-refractivity contribution >= 4 is 17.4 Å². The van der Waals surface area contributed by atoms with Crippen molar-refractivity contribution in [1.29, 1.82) is 0 Å². The van der Waals surface area contributed by atoms with Gasteiger partial charge in [-0.15, -0.1) is 0 Å². The highest BCUT2D eigenvalue weighted by molar-refractivity contribution is 5.95. The molecule has 1 amide bonds. The molecule has 2 fully saturated rings. The molecule has 1 unspecified atom stereocenters. The minimum absolute atomic E-state index is 0.170. The van der Waals surface area contributed by atoms with Crippen molar-refractivity contribution in [3.05, 3.63) is 78.0 Å². The lowest BCUT2D eigenvalue weighted by atomic mass is 10.0. The van der Waals surface area contributed by atoms with Gasteiger partial charge in [0.2, 0.25) is 0 Å². The number of pyridine rings is 1. The van der Waals surface area contributed by atoms with Gasteiger partial charge < -0.3 is 20.4 Å². The zero-order valence-electron chi connectivity index (χ0n) is 20.8. The van der Waals surface area contributed by atoms with Gasteiger partial charge >= 0.3 is 0 Å². The van der Waals surface area contributed by atoms with Gasteiger partial charge in [-0.25, -0.2) is 4.98 Å². The second-order valence-electron chi connectivity index (χ2n) is 10.3. The molecule has 0 radical (unpaired) electrons. The average molecular weight is 482 g/mol. The van der Waals surface area contributed by atoms with E-state index in [1.165, 1.54) is 18.4 Å². The fourth-order valence-electron chi connectivity index (χ4n) is 5.99. The predicted molar refractivity (Wildman–Crippen MR) is 145 cm³/mol. The third-order valence-corrected chi connectivity index (χ3v) is 7.92. The summed E-state index contributed by atoms with van der Waals surface area (Å²) in [5.41, 5.74) is 5.36. The van der Waals surface area contributed by atoms with Crippen molar-refractivity contribution in [2.75, 3.05) is 36.4 Å². The van der Waals surface area contributed by atoms with Crippen LogP contribution in [0, 0.1) is 0 Å². The molecule has 3 aliphatic heterocycles. The second kappa shape index (κ2) is 10.3. The van der Waals surface area contributed by atoms with Crippen molar-refractivity contribution in [2.24, 2.45) is 0 Å². The number of amides is 1. The number of nitrogens with one attached hydrogen (secondary N) is 2. The van der Waals surface area contributed by atoms with Crippen molar-refractivity contribution in [3.63, 3.8) is 0 Å². The molecule has 6 nitrogen and oxygen atoms in total. The number of hydrogen-bond donors (Lipinski definition) is 2. The Bertz CT molecular complexity index is 1190. The molecule has 1 aromatic heterocycles. The molecule has 4 heterocycles. The number of nitrogens with zero attached hydrogens (tertiary/aromatic N) is 3. The molecular weight excluding hydrogens is 446 g/mol. The van der Waals surface area contributed by atoms with E-state index in [1.807, 2.05) is 18.3 Å². The predicted octanol–water partition coefficient (Wildman–Crippen LogP) is 4.93. The standard InChI is InChI=1S/C30H35N5O/c36-30(35-16-5-9-27(35)19-26-8-4-14-31-26)24-12-10-23(11-13-24)25-18-28-29(33-20-25)32-15-17-34(28)21-22-6-2-1-3-7-22/h1-3,6-7,10-13,18,20,26-27,31H,4-5,8-9,14-17,19,21H2,(H,32,33)/t26?,27-/m0/s1. The van der Waals surface area contributed by atoms with Crippen LogP contribution in [0.25, 0.3) is 11.1 Å². The molecule has 2 N–H and O–H groups in total. The summed E-state index contributed by atoms with van der Waals surface area (Å²) in [6.45, 7) is 4.67. The molecule has 0 bridgehead atoms. The van der Waals surface area contributed by atoms with Crippen LogP contribution in [0.4, 0.5) is 11.5 Å². The topological polar surface area (TPSA) is 60.5 Å². The van der Waals surface area contributed by atoms with Gasteiger partial charge in [0, 0.05) is 55.6 Å². The number of hydrogen-bond acceptors (Lipinski definition) is 5. The largest absolute Gasteiger partial charge is 0.367 e. The van der Waals surface area contributed by atoms with E-state index >= 15 is 0 Å². The summed E-state index contributed by atoms with van der Waals surface area (Å²) in [7, 11) is 0. The highest BCUT2D eigenvalue weighted by Crippen LogP contribution is 2.33.